The molecule has 2 aromatic heterocycles. The quantitative estimate of drug-likeness (QED) is 0.668. The Hall–Kier alpha value is -2.88. The van der Waals surface area contributed by atoms with Crippen LogP contribution in [0.3, 0.4) is 0 Å². The highest BCUT2D eigenvalue weighted by Crippen LogP contribution is 2.20. The number of nitrogens with one attached hydrogen (secondary N) is 1. The van der Waals surface area contributed by atoms with Crippen molar-refractivity contribution < 1.29 is 4.79 Å². The Morgan fingerprint density at radius 2 is 2.04 bits per heavy atom. The number of hydrogen-bond acceptors (Lipinski definition) is 2. The second-order valence-electron chi connectivity index (χ2n) is 6.01. The first-order valence-corrected chi connectivity index (χ1v) is 8.71. The standard InChI is InChI=1S/C21H23N3O/c1-2-15-24-16-18(19-9-6-13-23-21(19)24)12-14-22-20(25)11-10-17-7-4-3-5-8-17/h3-11,13,16H,2,12,14-15H2,1H3,(H,22,25). The molecule has 128 valence electrons. The highest BCUT2D eigenvalue weighted by atomic mass is 16.1. The zero-order valence-corrected chi connectivity index (χ0v) is 14.5. The Labute approximate surface area is 148 Å². The van der Waals surface area contributed by atoms with E-state index in [0.29, 0.717) is 6.54 Å². The van der Waals surface area contributed by atoms with E-state index in [1.54, 1.807) is 6.08 Å². The number of aromatic nitrogens is 2. The monoisotopic (exact) mass is 333 g/mol. The van der Waals surface area contributed by atoms with Crippen LogP contribution in [0.25, 0.3) is 17.1 Å². The molecule has 0 atom stereocenters. The molecule has 0 fully saturated rings. The van der Waals surface area contributed by atoms with Crippen LogP contribution in [0.15, 0.2) is 60.9 Å². The summed E-state index contributed by atoms with van der Waals surface area (Å²) in [6, 6.07) is 13.9. The Morgan fingerprint density at radius 3 is 2.84 bits per heavy atom. The van der Waals surface area contributed by atoms with E-state index in [4.69, 9.17) is 0 Å². The maximum Gasteiger partial charge on any atom is 0.244 e. The van der Waals surface area contributed by atoms with Crippen LogP contribution < -0.4 is 5.32 Å². The fourth-order valence-corrected chi connectivity index (χ4v) is 2.92. The maximum absolute atomic E-state index is 12.0. The lowest BCUT2D eigenvalue weighted by Gasteiger charge is -2.01. The third-order valence-corrected chi connectivity index (χ3v) is 4.10. The van der Waals surface area contributed by atoms with Crippen molar-refractivity contribution >= 4 is 23.0 Å². The van der Waals surface area contributed by atoms with Gasteiger partial charge in [0.05, 0.1) is 0 Å². The fourth-order valence-electron chi connectivity index (χ4n) is 2.92. The van der Waals surface area contributed by atoms with Gasteiger partial charge in [0, 0.05) is 36.9 Å². The summed E-state index contributed by atoms with van der Waals surface area (Å²) in [4.78, 5) is 16.5. The van der Waals surface area contributed by atoms with Crippen LogP contribution in [0.5, 0.6) is 0 Å². The van der Waals surface area contributed by atoms with Gasteiger partial charge in [0.15, 0.2) is 0 Å². The van der Waals surface area contributed by atoms with Crippen molar-refractivity contribution in [2.45, 2.75) is 26.3 Å². The third-order valence-electron chi connectivity index (χ3n) is 4.10. The van der Waals surface area contributed by atoms with E-state index >= 15 is 0 Å². The molecule has 1 aromatic carbocycles. The first kappa shape index (κ1) is 17.0. The minimum absolute atomic E-state index is 0.0701. The number of carbonyl (C=O) groups excluding carboxylic acids is 1. The number of amides is 1. The molecule has 0 saturated carbocycles. The Bertz CT molecular complexity index is 865. The first-order valence-electron chi connectivity index (χ1n) is 8.71. The van der Waals surface area contributed by atoms with Gasteiger partial charge in [-0.2, -0.15) is 0 Å². The van der Waals surface area contributed by atoms with E-state index in [1.807, 2.05) is 48.7 Å². The summed E-state index contributed by atoms with van der Waals surface area (Å²) in [6.07, 6.45) is 9.26. The minimum atomic E-state index is -0.0701. The topological polar surface area (TPSA) is 46.9 Å². The molecule has 0 aliphatic rings. The zero-order valence-electron chi connectivity index (χ0n) is 14.5. The molecule has 0 unspecified atom stereocenters. The molecular weight excluding hydrogens is 310 g/mol. The predicted octanol–water partition coefficient (Wildman–Crippen LogP) is 3.82. The Morgan fingerprint density at radius 1 is 1.20 bits per heavy atom. The predicted molar refractivity (Wildman–Crippen MR) is 102 cm³/mol. The van der Waals surface area contributed by atoms with Gasteiger partial charge in [-0.15, -0.1) is 0 Å². The maximum atomic E-state index is 12.0. The molecule has 3 aromatic rings. The summed E-state index contributed by atoms with van der Waals surface area (Å²) in [6.45, 7) is 3.73. The van der Waals surface area contributed by atoms with E-state index in [0.717, 1.165) is 30.6 Å². The number of rotatable bonds is 7. The molecule has 0 spiro atoms. The molecule has 1 amide bonds. The highest BCUT2D eigenvalue weighted by Gasteiger charge is 2.08. The second-order valence-corrected chi connectivity index (χ2v) is 6.01. The van der Waals surface area contributed by atoms with E-state index in [2.05, 4.69) is 34.1 Å². The average molecular weight is 333 g/mol. The first-order chi connectivity index (χ1) is 12.3. The summed E-state index contributed by atoms with van der Waals surface area (Å²) in [5, 5.41) is 4.12. The normalized spacial score (nSPS) is 11.2. The smallest absolute Gasteiger partial charge is 0.244 e. The Kier molecular flexibility index (Phi) is 5.62. The summed E-state index contributed by atoms with van der Waals surface area (Å²) in [7, 11) is 0. The molecule has 0 bridgehead atoms. The van der Waals surface area contributed by atoms with Crippen molar-refractivity contribution in [3.63, 3.8) is 0 Å². The van der Waals surface area contributed by atoms with Crippen molar-refractivity contribution in [2.75, 3.05) is 6.54 Å². The Balaban J connectivity index is 1.59. The minimum Gasteiger partial charge on any atom is -0.352 e. The molecule has 0 radical (unpaired) electrons. The van der Waals surface area contributed by atoms with Crippen LogP contribution in [0, 0.1) is 0 Å². The SMILES string of the molecule is CCCn1cc(CCNC(=O)C=Cc2ccccc2)c2cccnc21. The molecule has 0 saturated heterocycles. The number of fused-ring (bicyclic) bond motifs is 1. The second kappa shape index (κ2) is 8.29. The van der Waals surface area contributed by atoms with Gasteiger partial charge >= 0.3 is 0 Å². The summed E-state index contributed by atoms with van der Waals surface area (Å²) in [5.41, 5.74) is 3.27. The van der Waals surface area contributed by atoms with Gasteiger partial charge in [-0.1, -0.05) is 37.3 Å². The van der Waals surface area contributed by atoms with Crippen LogP contribution >= 0.6 is 0 Å². The number of aryl methyl sites for hydroxylation is 1. The van der Waals surface area contributed by atoms with E-state index < -0.39 is 0 Å². The van der Waals surface area contributed by atoms with Crippen LogP contribution in [-0.4, -0.2) is 22.0 Å². The molecular formula is C21H23N3O. The fraction of sp³-hybridized carbons (Fsp3) is 0.238. The van der Waals surface area contributed by atoms with Gasteiger partial charge in [-0.05, 0) is 42.2 Å². The summed E-state index contributed by atoms with van der Waals surface area (Å²) >= 11 is 0. The lowest BCUT2D eigenvalue weighted by molar-refractivity contribution is -0.116. The van der Waals surface area contributed by atoms with Gasteiger partial charge in [-0.25, -0.2) is 4.98 Å². The molecule has 25 heavy (non-hydrogen) atoms. The van der Waals surface area contributed by atoms with Gasteiger partial charge in [0.1, 0.15) is 5.65 Å². The molecule has 2 heterocycles. The summed E-state index contributed by atoms with van der Waals surface area (Å²) < 4.78 is 2.20. The molecule has 3 rings (SSSR count). The van der Waals surface area contributed by atoms with Gasteiger partial charge in [0.25, 0.3) is 0 Å². The largest absolute Gasteiger partial charge is 0.352 e. The lowest BCUT2D eigenvalue weighted by Crippen LogP contribution is -2.23. The van der Waals surface area contributed by atoms with Crippen molar-refractivity contribution in [3.8, 4) is 0 Å². The molecule has 0 aliphatic carbocycles. The van der Waals surface area contributed by atoms with Crippen LogP contribution in [0.4, 0.5) is 0 Å². The van der Waals surface area contributed by atoms with Crippen molar-refractivity contribution in [3.05, 3.63) is 72.1 Å². The van der Waals surface area contributed by atoms with Crippen LogP contribution in [0.1, 0.15) is 24.5 Å². The number of carbonyl (C=O) groups is 1. The molecule has 4 heteroatoms. The molecule has 4 nitrogen and oxygen atoms in total. The average Bonchev–Trinajstić information content (AvgIpc) is 2.99. The lowest BCUT2D eigenvalue weighted by atomic mass is 10.1. The number of benzene rings is 1. The van der Waals surface area contributed by atoms with E-state index in [-0.39, 0.29) is 5.91 Å². The van der Waals surface area contributed by atoms with Gasteiger partial charge in [0.2, 0.25) is 5.91 Å². The molecule has 0 aliphatic heterocycles. The summed E-state index contributed by atoms with van der Waals surface area (Å²) in [5.74, 6) is -0.0701. The number of pyridine rings is 1. The molecule has 1 N–H and O–H groups in total. The van der Waals surface area contributed by atoms with E-state index in [9.17, 15) is 4.79 Å². The van der Waals surface area contributed by atoms with Crippen molar-refractivity contribution in [1.29, 1.82) is 0 Å². The zero-order chi connectivity index (χ0) is 17.5. The van der Waals surface area contributed by atoms with Crippen molar-refractivity contribution in [1.82, 2.24) is 14.9 Å². The number of nitrogens with zero attached hydrogens (tertiary/aromatic N) is 2. The number of hydrogen-bond donors (Lipinski definition) is 1. The highest BCUT2D eigenvalue weighted by molar-refractivity contribution is 5.91. The van der Waals surface area contributed by atoms with E-state index in [1.165, 1.54) is 10.9 Å². The van der Waals surface area contributed by atoms with Crippen LogP contribution in [0.2, 0.25) is 0 Å². The van der Waals surface area contributed by atoms with Gasteiger partial charge in [-0.3, -0.25) is 4.79 Å². The van der Waals surface area contributed by atoms with Crippen molar-refractivity contribution in [2.24, 2.45) is 0 Å². The third kappa shape index (κ3) is 4.35. The van der Waals surface area contributed by atoms with Gasteiger partial charge < -0.3 is 9.88 Å². The van der Waals surface area contributed by atoms with Crippen LogP contribution in [-0.2, 0) is 17.8 Å².